The van der Waals surface area contributed by atoms with E-state index in [9.17, 15) is 4.79 Å². The van der Waals surface area contributed by atoms with Gasteiger partial charge in [0.1, 0.15) is 11.5 Å². The molecule has 4 heterocycles. The van der Waals surface area contributed by atoms with Crippen LogP contribution < -0.4 is 14.8 Å². The zero-order valence-electron chi connectivity index (χ0n) is 51.6. The van der Waals surface area contributed by atoms with E-state index in [1.165, 1.54) is 58.2 Å². The van der Waals surface area contributed by atoms with Gasteiger partial charge in [0.15, 0.2) is 0 Å². The smallest absolute Gasteiger partial charge is 0.228 e. The summed E-state index contributed by atoms with van der Waals surface area (Å²) < 4.78 is 16.6. The Labute approximate surface area is 487 Å². The molecule has 4 aliphatic heterocycles. The second-order valence-corrected chi connectivity index (χ2v) is 28.4. The number of nitrogens with one attached hydrogen (secondary N) is 1. The quantitative estimate of drug-likeness (QED) is 0.196. The molecule has 5 aromatic rings. The van der Waals surface area contributed by atoms with Gasteiger partial charge in [-0.2, -0.15) is 0 Å². The molecule has 5 heteroatoms. The van der Waals surface area contributed by atoms with Gasteiger partial charge in [0, 0.05) is 25.3 Å². The minimum atomic E-state index is 0. The van der Waals surface area contributed by atoms with Crippen LogP contribution >= 0.6 is 0 Å². The number of amides is 1. The molecule has 1 fully saturated rings. The van der Waals surface area contributed by atoms with Crippen molar-refractivity contribution in [1.29, 1.82) is 0 Å². The lowest BCUT2D eigenvalue weighted by Gasteiger charge is -2.36. The molecule has 3 unspecified atom stereocenters. The molecule has 0 saturated carbocycles. The second-order valence-electron chi connectivity index (χ2n) is 28.4. The first kappa shape index (κ1) is 72.1. The van der Waals surface area contributed by atoms with Crippen molar-refractivity contribution in [3.8, 4) is 11.5 Å². The third-order valence-corrected chi connectivity index (χ3v) is 15.4. The van der Waals surface area contributed by atoms with Gasteiger partial charge in [0.25, 0.3) is 0 Å². The molecule has 9 rings (SSSR count). The van der Waals surface area contributed by atoms with Crippen molar-refractivity contribution in [2.45, 2.75) is 228 Å². The number of benzene rings is 5. The Bertz CT molecular complexity index is 2510. The van der Waals surface area contributed by atoms with E-state index in [1.807, 2.05) is 6.07 Å². The van der Waals surface area contributed by atoms with Crippen molar-refractivity contribution in [1.82, 2.24) is 0 Å². The number of aryl methyl sites for hydroxylation is 1. The summed E-state index contributed by atoms with van der Waals surface area (Å²) in [6.45, 7) is 49.0. The molecule has 5 nitrogen and oxygen atoms in total. The molecule has 1 amide bonds. The molecular weight excluding hydrogens is 967 g/mol. The third kappa shape index (κ3) is 24.8. The van der Waals surface area contributed by atoms with E-state index in [-0.39, 0.29) is 44.4 Å². The Morgan fingerprint density at radius 3 is 1.44 bits per heavy atom. The summed E-state index contributed by atoms with van der Waals surface area (Å²) in [5.74, 6) is 4.46. The Hall–Kier alpha value is -4.87. The van der Waals surface area contributed by atoms with Crippen LogP contribution in [0.2, 0.25) is 0 Å². The van der Waals surface area contributed by atoms with E-state index in [0.29, 0.717) is 28.6 Å². The average Bonchev–Trinajstić information content (AvgIpc) is 3.99. The van der Waals surface area contributed by atoms with Crippen molar-refractivity contribution < 1.29 is 19.0 Å². The average molecular weight is 1080 g/mol. The van der Waals surface area contributed by atoms with Crippen LogP contribution in [0.4, 0.5) is 5.69 Å². The number of fused-ring (bicyclic) bond motifs is 3. The fraction of sp³-hybridized carbons (Fsp3) is 0.581. The molecule has 0 aromatic heterocycles. The highest BCUT2D eigenvalue weighted by Gasteiger charge is 2.30. The summed E-state index contributed by atoms with van der Waals surface area (Å²) in [7, 11) is 0. The van der Waals surface area contributed by atoms with E-state index in [0.717, 1.165) is 80.3 Å². The zero-order valence-corrected chi connectivity index (χ0v) is 51.6. The molecule has 4 aliphatic rings. The van der Waals surface area contributed by atoms with Crippen molar-refractivity contribution in [2.24, 2.45) is 28.1 Å². The Balaban J connectivity index is 0.000000471. The van der Waals surface area contributed by atoms with Crippen LogP contribution in [-0.2, 0) is 51.5 Å². The third-order valence-electron chi connectivity index (χ3n) is 15.4. The monoisotopic (exact) mass is 1080 g/mol. The lowest BCUT2D eigenvalue weighted by molar-refractivity contribution is -0.115. The van der Waals surface area contributed by atoms with Gasteiger partial charge in [-0.3, -0.25) is 4.79 Å². The Morgan fingerprint density at radius 1 is 0.519 bits per heavy atom. The summed E-state index contributed by atoms with van der Waals surface area (Å²) in [4.78, 5) is 11.1. The van der Waals surface area contributed by atoms with Gasteiger partial charge in [0.05, 0.1) is 19.6 Å². The minimum Gasteiger partial charge on any atom is -0.493 e. The fourth-order valence-corrected chi connectivity index (χ4v) is 9.49. The number of carbonyl (C=O) groups is 1. The maximum absolute atomic E-state index is 11.1. The molecule has 3 atom stereocenters. The number of ether oxygens (including phenoxy) is 3. The Morgan fingerprint density at radius 2 is 0.987 bits per heavy atom. The number of hydrogen-bond acceptors (Lipinski definition) is 4. The zero-order chi connectivity index (χ0) is 56.7. The summed E-state index contributed by atoms with van der Waals surface area (Å²) in [5.41, 5.74) is 13.6. The maximum Gasteiger partial charge on any atom is 0.228 e. The molecule has 0 spiro atoms. The van der Waals surface area contributed by atoms with Gasteiger partial charge in [-0.05, 0) is 145 Å². The standard InChI is InChI=1S/C13H18O.C12H15NO.C12H16O.C12H18.C11H22O.C11H16.3CH4/c1-13(2,3)11-6-7-12-10(9-11)5-4-8-14-12;1-12(2,3)9-4-5-10-8(6-9)7-11(14)13-10;1-12(2,3)10-4-5-11-9(8-10)6-7-13-11;1-10(12(2,3)4)11-8-6-5-7-9-11;1-9(11(2,3)4)10-6-5-7-12-8-10;1-11(2,3)9-10-7-5-4-6-8-10;;;/h6-7,9H,4-5,8H2,1-3H3;4-6H,7H2,1-3H3,(H,13,14);4-5,8H,6-7H2,1-3H3;5-10H,1-4H3;9-10H,5-8H2,1-4H3;4-8H,9H2,1-3H3;3*1H4. The topological polar surface area (TPSA) is 56.8 Å². The van der Waals surface area contributed by atoms with Gasteiger partial charge < -0.3 is 19.5 Å². The number of rotatable bonds is 3. The van der Waals surface area contributed by atoms with Gasteiger partial charge >= 0.3 is 0 Å². The normalized spacial score (nSPS) is 16.2. The van der Waals surface area contributed by atoms with Crippen LogP contribution in [0.5, 0.6) is 11.5 Å². The number of carbonyl (C=O) groups excluding carboxylic acids is 1. The first-order valence-electron chi connectivity index (χ1n) is 28.8. The largest absolute Gasteiger partial charge is 0.493 e. The van der Waals surface area contributed by atoms with E-state index >= 15 is 0 Å². The van der Waals surface area contributed by atoms with Gasteiger partial charge in [-0.15, -0.1) is 0 Å². The summed E-state index contributed by atoms with van der Waals surface area (Å²) in [6, 6.07) is 40.7. The predicted octanol–water partition coefficient (Wildman–Crippen LogP) is 20.8. The van der Waals surface area contributed by atoms with E-state index in [4.69, 9.17) is 14.2 Å². The molecule has 0 aliphatic carbocycles. The van der Waals surface area contributed by atoms with Crippen molar-refractivity contribution >= 4 is 11.6 Å². The van der Waals surface area contributed by atoms with Gasteiger partial charge in [-0.25, -0.2) is 0 Å². The number of hydrogen-bond donors (Lipinski definition) is 1. The van der Waals surface area contributed by atoms with Crippen molar-refractivity contribution in [3.05, 3.63) is 160 Å². The van der Waals surface area contributed by atoms with E-state index in [1.54, 1.807) is 0 Å². The summed E-state index contributed by atoms with van der Waals surface area (Å²) >= 11 is 0. The molecule has 0 bridgehead atoms. The number of anilines is 1. The highest BCUT2D eigenvalue weighted by atomic mass is 16.5. The van der Waals surface area contributed by atoms with Crippen molar-refractivity contribution in [3.63, 3.8) is 0 Å². The molecule has 0 radical (unpaired) electrons. The Kier molecular flexibility index (Phi) is 28.6. The van der Waals surface area contributed by atoms with Crippen LogP contribution in [0.1, 0.15) is 230 Å². The molecule has 79 heavy (non-hydrogen) atoms. The van der Waals surface area contributed by atoms with Crippen LogP contribution in [0.25, 0.3) is 0 Å². The summed E-state index contributed by atoms with van der Waals surface area (Å²) in [5, 5.41) is 2.84. The SMILES string of the molecule is C.C.C.CC(C)(C)Cc1ccccc1.CC(C)(C)c1ccc2c(c1)CC(=O)N2.CC(C)(C)c1ccc2c(c1)CCCO2.CC(C)(C)c1ccc2c(c1)CCO2.CC(C1CCCOC1)C(C)(C)C.CC(c1ccccc1)C(C)(C)C. The molecular formula is C74H117NO4. The molecule has 1 N–H and O–H groups in total. The highest BCUT2D eigenvalue weighted by Crippen LogP contribution is 2.37. The summed E-state index contributed by atoms with van der Waals surface area (Å²) in [6.07, 6.45) is 7.69. The van der Waals surface area contributed by atoms with E-state index in [2.05, 4.69) is 253 Å². The van der Waals surface area contributed by atoms with Crippen molar-refractivity contribution in [2.75, 3.05) is 31.7 Å². The highest BCUT2D eigenvalue weighted by molar-refractivity contribution is 5.99. The molecule has 1 saturated heterocycles. The van der Waals surface area contributed by atoms with Gasteiger partial charge in [0.2, 0.25) is 5.91 Å². The maximum atomic E-state index is 11.1. The first-order valence-corrected chi connectivity index (χ1v) is 28.8. The molecule has 442 valence electrons. The molecule has 5 aromatic carbocycles. The fourth-order valence-electron chi connectivity index (χ4n) is 9.49. The van der Waals surface area contributed by atoms with Crippen LogP contribution in [0, 0.1) is 28.1 Å². The van der Waals surface area contributed by atoms with Crippen LogP contribution in [0.15, 0.2) is 115 Å². The lowest BCUT2D eigenvalue weighted by atomic mass is 9.73. The van der Waals surface area contributed by atoms with E-state index < -0.39 is 0 Å². The second kappa shape index (κ2) is 31.4. The van der Waals surface area contributed by atoms with Crippen LogP contribution in [0.3, 0.4) is 0 Å². The first-order chi connectivity index (χ1) is 35.2. The van der Waals surface area contributed by atoms with Crippen LogP contribution in [-0.4, -0.2) is 32.3 Å². The van der Waals surface area contributed by atoms with Gasteiger partial charge in [-0.1, -0.05) is 258 Å². The predicted molar refractivity (Wildman–Crippen MR) is 347 cm³/mol. The lowest BCUT2D eigenvalue weighted by Crippen LogP contribution is -2.31. The minimum absolute atomic E-state index is 0.